The molecule has 0 spiro atoms. The van der Waals surface area contributed by atoms with Crippen LogP contribution >= 0.6 is 0 Å². The number of anilines is 2. The second-order valence-electron chi connectivity index (χ2n) is 16.4. The Morgan fingerprint density at radius 2 is 1.25 bits per heavy atom. The van der Waals surface area contributed by atoms with E-state index in [0.29, 0.717) is 77.9 Å². The van der Waals surface area contributed by atoms with Gasteiger partial charge in [0, 0.05) is 41.0 Å². The highest BCUT2D eigenvalue weighted by atomic mass is 28.3. The molecule has 0 bridgehead atoms. The number of H-pyrrole nitrogens is 1. The predicted octanol–water partition coefficient (Wildman–Crippen LogP) is 8.57. The van der Waals surface area contributed by atoms with Crippen LogP contribution in [0, 0.1) is 13.8 Å². The molecule has 6 heterocycles. The standard InChI is InChI=1S/C24H31F3N6O2Si.C18H17F3N6O/c1-16-13-30-32(15-35-10-11-36(2,3)4)21(16)20-14-29-23-22(28-8-5-9-34)31-18-12-17(24(25,26)27)6-7-19(18)33(20)23;1-10-8-24-26-15(10)14-9-23-17-16(22-5-2-6-28)25-12-7-11(18(19,20)21)3-4-13(12)27(14)17/h6-7,12-14,34H,5,8-11,15H2,1-4H3,(H,28,31);3-4,7-9,28H,2,5-6H2,1H3,(H,22,25)(H,24,26). The summed E-state index contributed by atoms with van der Waals surface area (Å²) in [5.74, 6) is 0.695. The molecule has 15 nitrogen and oxygen atoms in total. The van der Waals surface area contributed by atoms with Crippen LogP contribution in [0.1, 0.15) is 35.1 Å². The van der Waals surface area contributed by atoms with Crippen molar-refractivity contribution in [3.8, 4) is 22.8 Å². The Bertz CT molecular complexity index is 2900. The van der Waals surface area contributed by atoms with Crippen molar-refractivity contribution in [3.05, 3.63) is 83.4 Å². The minimum Gasteiger partial charge on any atom is -0.396 e. The van der Waals surface area contributed by atoms with Gasteiger partial charge < -0.3 is 25.6 Å². The van der Waals surface area contributed by atoms with Gasteiger partial charge in [-0.2, -0.15) is 36.5 Å². The van der Waals surface area contributed by atoms with E-state index in [9.17, 15) is 26.3 Å². The van der Waals surface area contributed by atoms with Gasteiger partial charge in [0.25, 0.3) is 0 Å². The van der Waals surface area contributed by atoms with Crippen LogP contribution in [0.2, 0.25) is 25.7 Å². The number of alkyl halides is 6. The molecule has 22 heteroatoms. The maximum absolute atomic E-state index is 13.4. The molecule has 0 aliphatic carbocycles. The Morgan fingerprint density at radius 3 is 1.73 bits per heavy atom. The predicted molar refractivity (Wildman–Crippen MR) is 234 cm³/mol. The van der Waals surface area contributed by atoms with Crippen molar-refractivity contribution in [2.75, 3.05) is 43.5 Å². The molecule has 0 unspecified atom stereocenters. The van der Waals surface area contributed by atoms with Crippen molar-refractivity contribution < 1.29 is 41.3 Å². The molecule has 8 rings (SSSR count). The zero-order valence-electron chi connectivity index (χ0n) is 35.7. The minimum atomic E-state index is -4.49. The Morgan fingerprint density at radius 1 is 0.719 bits per heavy atom. The van der Waals surface area contributed by atoms with Crippen LogP contribution in [0.4, 0.5) is 38.0 Å². The van der Waals surface area contributed by atoms with Crippen LogP contribution in [0.25, 0.3) is 56.1 Å². The molecule has 0 aliphatic rings. The van der Waals surface area contributed by atoms with E-state index in [1.807, 2.05) is 13.8 Å². The summed E-state index contributed by atoms with van der Waals surface area (Å²) in [6, 6.07) is 7.99. The van der Waals surface area contributed by atoms with Gasteiger partial charge in [0.2, 0.25) is 0 Å². The number of aryl methyl sites for hydroxylation is 2. The topological polar surface area (TPSA) is 181 Å². The molecule has 0 atom stereocenters. The number of aliphatic hydroxyl groups excluding tert-OH is 2. The number of aromatic amines is 1. The molecular weight excluding hydrogens is 863 g/mol. The maximum Gasteiger partial charge on any atom is 0.416 e. The molecule has 5 N–H and O–H groups in total. The van der Waals surface area contributed by atoms with Gasteiger partial charge >= 0.3 is 12.4 Å². The number of aromatic nitrogens is 10. The quantitative estimate of drug-likeness (QED) is 0.0378. The fourth-order valence-electron chi connectivity index (χ4n) is 7.02. The average Bonchev–Trinajstić information content (AvgIpc) is 4.05. The first kappa shape index (κ1) is 45.9. The highest BCUT2D eigenvalue weighted by molar-refractivity contribution is 6.76. The number of aliphatic hydroxyl groups is 2. The van der Waals surface area contributed by atoms with Crippen LogP contribution in [0.3, 0.4) is 0 Å². The van der Waals surface area contributed by atoms with Gasteiger partial charge in [-0.25, -0.2) is 24.6 Å². The van der Waals surface area contributed by atoms with Crippen LogP contribution < -0.4 is 10.6 Å². The number of rotatable bonds is 15. The monoisotopic (exact) mass is 910 g/mol. The average molecular weight is 911 g/mol. The highest BCUT2D eigenvalue weighted by Crippen LogP contribution is 2.36. The van der Waals surface area contributed by atoms with E-state index < -0.39 is 31.6 Å². The molecule has 8 aromatic rings. The number of fused-ring (bicyclic) bond motifs is 6. The van der Waals surface area contributed by atoms with Gasteiger partial charge in [0.1, 0.15) is 6.73 Å². The van der Waals surface area contributed by atoms with E-state index in [0.717, 1.165) is 52.8 Å². The van der Waals surface area contributed by atoms with Crippen LogP contribution in [-0.4, -0.2) is 99.9 Å². The summed E-state index contributed by atoms with van der Waals surface area (Å²) in [7, 11) is -1.24. The van der Waals surface area contributed by atoms with Crippen molar-refractivity contribution in [1.82, 2.24) is 48.7 Å². The van der Waals surface area contributed by atoms with E-state index in [2.05, 4.69) is 65.5 Å². The molecule has 340 valence electrons. The van der Waals surface area contributed by atoms with Crippen LogP contribution in [-0.2, 0) is 23.8 Å². The lowest BCUT2D eigenvalue weighted by Crippen LogP contribution is -2.22. The van der Waals surface area contributed by atoms with Crippen molar-refractivity contribution in [2.45, 2.75) is 71.5 Å². The summed E-state index contributed by atoms with van der Waals surface area (Å²) in [5, 5.41) is 35.7. The lowest BCUT2D eigenvalue weighted by molar-refractivity contribution is -0.138. The first-order chi connectivity index (χ1) is 30.4. The Kier molecular flexibility index (Phi) is 13.3. The number of halogens is 6. The molecule has 0 saturated heterocycles. The van der Waals surface area contributed by atoms with E-state index in [-0.39, 0.29) is 31.0 Å². The van der Waals surface area contributed by atoms with E-state index in [1.165, 1.54) is 12.1 Å². The highest BCUT2D eigenvalue weighted by Gasteiger charge is 2.32. The molecule has 0 fully saturated rings. The number of nitrogens with one attached hydrogen (secondary N) is 3. The zero-order chi connectivity index (χ0) is 46.0. The van der Waals surface area contributed by atoms with Gasteiger partial charge in [-0.3, -0.25) is 13.9 Å². The number of hydrogen-bond donors (Lipinski definition) is 5. The molecule has 0 aliphatic heterocycles. The number of hydrogen-bond acceptors (Lipinski definition) is 11. The normalized spacial score (nSPS) is 12.5. The summed E-state index contributed by atoms with van der Waals surface area (Å²) in [4.78, 5) is 17.8. The van der Waals surface area contributed by atoms with E-state index >= 15 is 0 Å². The first-order valence-electron chi connectivity index (χ1n) is 20.5. The fourth-order valence-corrected chi connectivity index (χ4v) is 7.78. The zero-order valence-corrected chi connectivity index (χ0v) is 36.7. The molecular formula is C42H48F6N12O3Si. The number of ether oxygens (including phenoxy) is 1. The molecule has 64 heavy (non-hydrogen) atoms. The fraction of sp³-hybridized carbons (Fsp3) is 0.381. The maximum atomic E-state index is 13.4. The Labute approximate surface area is 363 Å². The molecule has 6 aromatic heterocycles. The van der Waals surface area contributed by atoms with Crippen molar-refractivity contribution in [3.63, 3.8) is 0 Å². The van der Waals surface area contributed by atoms with Gasteiger partial charge in [0.05, 0.1) is 80.8 Å². The van der Waals surface area contributed by atoms with Crippen molar-refractivity contribution >= 4 is 53.1 Å². The minimum absolute atomic E-state index is 0.0118. The lowest BCUT2D eigenvalue weighted by Gasteiger charge is -2.16. The van der Waals surface area contributed by atoms with E-state index in [1.54, 1.807) is 38.3 Å². The number of nitrogens with zero attached hydrogens (tertiary/aromatic N) is 9. The van der Waals surface area contributed by atoms with E-state index in [4.69, 9.17) is 14.9 Å². The first-order valence-corrected chi connectivity index (χ1v) is 24.2. The summed E-state index contributed by atoms with van der Waals surface area (Å²) in [6.07, 6.45) is -1.31. The number of benzene rings is 2. The molecule has 0 saturated carbocycles. The summed E-state index contributed by atoms with van der Waals surface area (Å²) in [6.45, 7) is 12.3. The summed E-state index contributed by atoms with van der Waals surface area (Å²) < 4.78 is 91.0. The second kappa shape index (κ2) is 18.5. The second-order valence-corrected chi connectivity index (χ2v) is 22.0. The lowest BCUT2D eigenvalue weighted by atomic mass is 10.1. The van der Waals surface area contributed by atoms with Gasteiger partial charge in [0.15, 0.2) is 22.9 Å². The molecule has 2 aromatic carbocycles. The Hall–Kier alpha value is -6.10. The third-order valence-electron chi connectivity index (χ3n) is 10.3. The van der Waals surface area contributed by atoms with Crippen LogP contribution in [0.15, 0.2) is 61.2 Å². The van der Waals surface area contributed by atoms with Crippen molar-refractivity contribution in [1.29, 1.82) is 0 Å². The molecule has 0 amide bonds. The third-order valence-corrected chi connectivity index (χ3v) is 12.0. The Balaban J connectivity index is 0.000000197. The van der Waals surface area contributed by atoms with Gasteiger partial charge in [-0.05, 0) is 80.3 Å². The third kappa shape index (κ3) is 9.83. The number of imidazole rings is 2. The largest absolute Gasteiger partial charge is 0.416 e. The summed E-state index contributed by atoms with van der Waals surface area (Å²) in [5.41, 5.74) is 5.36. The SMILES string of the molecule is Cc1cn[nH]c1-c1cnc2c(NCCCO)nc3cc(C(F)(F)F)ccc3n12.Cc1cnn(COCC[Si](C)(C)C)c1-c1cnc2c(NCCCO)nc3cc(C(F)(F)F)ccc3n12. The van der Waals surface area contributed by atoms with Gasteiger partial charge in [-0.15, -0.1) is 0 Å². The van der Waals surface area contributed by atoms with Crippen molar-refractivity contribution in [2.24, 2.45) is 0 Å². The van der Waals surface area contributed by atoms with Gasteiger partial charge in [-0.1, -0.05) is 19.6 Å². The summed E-state index contributed by atoms with van der Waals surface area (Å²) >= 11 is 0. The smallest absolute Gasteiger partial charge is 0.396 e. The molecule has 0 radical (unpaired) electrons. The van der Waals surface area contributed by atoms with Crippen LogP contribution in [0.5, 0.6) is 0 Å².